The summed E-state index contributed by atoms with van der Waals surface area (Å²) in [5.74, 6) is 0. The van der Waals surface area contributed by atoms with Crippen LogP contribution in [-0.4, -0.2) is 64.4 Å². The molecule has 10 heavy (non-hydrogen) atoms. The number of rotatable bonds is 1. The third-order valence-corrected chi connectivity index (χ3v) is 0.982. The third kappa shape index (κ3) is 4.83. The van der Waals surface area contributed by atoms with Gasteiger partial charge >= 0.3 is 21.4 Å². The molecule has 1 N–H and O–H groups in total. The van der Waals surface area contributed by atoms with Crippen LogP contribution >= 0.6 is 0 Å². The molecule has 0 spiro atoms. The van der Waals surface area contributed by atoms with E-state index < -0.39 is 21.4 Å². The van der Waals surface area contributed by atoms with Crippen molar-refractivity contribution in [3.05, 3.63) is 11.2 Å². The maximum atomic E-state index is 11.3. The Kier molecular flexibility index (Phi) is 6.63. The molecule has 0 aromatic heterocycles. The van der Waals surface area contributed by atoms with Crippen LogP contribution in [0.2, 0.25) is 0 Å². The topological polar surface area (TPSA) is 54.4 Å². The van der Waals surface area contributed by atoms with Crippen molar-refractivity contribution in [2.45, 2.75) is 0 Å². The number of halogens is 3. The maximum Gasteiger partial charge on any atom is 0.327 e. The average molecular weight is 201 g/mol. The van der Waals surface area contributed by atoms with Gasteiger partial charge in [-0.2, -0.15) is 21.6 Å². The van der Waals surface area contributed by atoms with E-state index in [1.165, 1.54) is 0 Å². The van der Waals surface area contributed by atoms with Crippen LogP contribution in [0.5, 0.6) is 0 Å². The van der Waals surface area contributed by atoms with Crippen molar-refractivity contribution >= 4 is 61.5 Å². The van der Waals surface area contributed by atoms with Gasteiger partial charge in [-0.3, -0.25) is 4.55 Å². The Morgan fingerprint density at radius 2 is 1.50 bits per heavy atom. The number of hydrogen-bond acceptors (Lipinski definition) is 2. The molecule has 0 aromatic rings. The van der Waals surface area contributed by atoms with E-state index in [0.717, 1.165) is 0 Å². The fourth-order valence-corrected chi connectivity index (χ4v) is 0.292. The van der Waals surface area contributed by atoms with Gasteiger partial charge in [-0.15, -0.1) is 0 Å². The second-order valence-corrected chi connectivity index (χ2v) is 2.32. The van der Waals surface area contributed by atoms with Gasteiger partial charge in [0.25, 0.3) is 0 Å². The molecule has 1 radical (unpaired) electrons. The van der Waals surface area contributed by atoms with E-state index in [1.54, 1.807) is 0 Å². The second kappa shape index (κ2) is 4.85. The van der Waals surface area contributed by atoms with E-state index in [1.807, 2.05) is 0 Å². The minimum Gasteiger partial charge on any atom is -0.280 e. The largest absolute Gasteiger partial charge is 0.327 e. The zero-order valence-corrected chi connectivity index (χ0v) is 8.75. The quantitative estimate of drug-likeness (QED) is 0.497. The Labute approximate surface area is 97.5 Å². The maximum absolute atomic E-state index is 11.3. The van der Waals surface area contributed by atoms with Crippen LogP contribution in [-0.2, 0) is 10.1 Å². The van der Waals surface area contributed by atoms with Crippen LogP contribution < -0.4 is 0 Å². The van der Waals surface area contributed by atoms with Crippen molar-refractivity contribution in [2.75, 3.05) is 0 Å². The van der Waals surface area contributed by atoms with Gasteiger partial charge in [0.05, 0.1) is 0 Å². The predicted molar refractivity (Wildman–Crippen MR) is 27.7 cm³/mol. The molecule has 0 bridgehead atoms. The summed E-state index contributed by atoms with van der Waals surface area (Å²) in [4.78, 5) is 0. The van der Waals surface area contributed by atoms with Crippen LogP contribution in [0, 0.1) is 0 Å². The Hall–Kier alpha value is 1.08. The van der Waals surface area contributed by atoms with Crippen molar-refractivity contribution in [1.82, 2.24) is 0 Å². The van der Waals surface area contributed by atoms with Gasteiger partial charge < -0.3 is 0 Å². The summed E-state index contributed by atoms with van der Waals surface area (Å²) in [5, 5.41) is -2.80. The molecule has 0 atom stereocenters. The molecule has 0 unspecified atom stereocenters. The summed E-state index contributed by atoms with van der Waals surface area (Å²) in [6, 6.07) is 0. The van der Waals surface area contributed by atoms with Gasteiger partial charge in [0.1, 0.15) is 0 Å². The summed E-state index contributed by atoms with van der Waals surface area (Å²) >= 11 is 0. The first-order valence-corrected chi connectivity index (χ1v) is 2.98. The first-order chi connectivity index (χ1) is 3.85. The monoisotopic (exact) mass is 201 g/mol. The summed E-state index contributed by atoms with van der Waals surface area (Å²) in [6.45, 7) is 0. The molecule has 0 aromatic carbocycles. The SMILES string of the molecule is O=S(=O)(O)C(F)=C(F)F.[K]. The van der Waals surface area contributed by atoms with Gasteiger partial charge in [0.2, 0.25) is 0 Å². The molecule has 0 fully saturated rings. The third-order valence-electron chi connectivity index (χ3n) is 0.375. The second-order valence-electron chi connectivity index (χ2n) is 1.01. The van der Waals surface area contributed by atoms with E-state index >= 15 is 0 Å². The van der Waals surface area contributed by atoms with E-state index in [2.05, 4.69) is 0 Å². The molecule has 0 heterocycles. The molecule has 0 amide bonds. The summed E-state index contributed by atoms with van der Waals surface area (Å²) < 4.78 is 59.5. The Morgan fingerprint density at radius 1 is 1.20 bits per heavy atom. The van der Waals surface area contributed by atoms with Crippen molar-refractivity contribution in [1.29, 1.82) is 0 Å². The summed E-state index contributed by atoms with van der Waals surface area (Å²) in [7, 11) is -5.34. The van der Waals surface area contributed by atoms with Crippen LogP contribution in [0.4, 0.5) is 13.2 Å². The zero-order chi connectivity index (χ0) is 7.65. The normalized spacial score (nSPS) is 10.0. The predicted octanol–water partition coefficient (Wildman–Crippen LogP) is 0.529. The van der Waals surface area contributed by atoms with Gasteiger partial charge in [-0.1, -0.05) is 0 Å². The average Bonchev–Trinajstić information content (AvgIpc) is 1.62. The van der Waals surface area contributed by atoms with Crippen LogP contribution in [0.25, 0.3) is 0 Å². The van der Waals surface area contributed by atoms with Gasteiger partial charge in [0.15, 0.2) is 0 Å². The van der Waals surface area contributed by atoms with Crippen LogP contribution in [0.15, 0.2) is 11.2 Å². The minimum absolute atomic E-state index is 0. The molecule has 0 aliphatic carbocycles. The molecule has 55 valence electrons. The Balaban J connectivity index is 0. The van der Waals surface area contributed by atoms with Gasteiger partial charge in [-0.25, -0.2) is 0 Å². The molecule has 0 saturated heterocycles. The van der Waals surface area contributed by atoms with Crippen molar-refractivity contribution < 1.29 is 26.1 Å². The first kappa shape index (κ1) is 13.7. The smallest absolute Gasteiger partial charge is 0.280 e. The van der Waals surface area contributed by atoms with E-state index in [9.17, 15) is 21.6 Å². The van der Waals surface area contributed by atoms with Crippen molar-refractivity contribution in [3.8, 4) is 0 Å². The molecule has 0 saturated carbocycles. The summed E-state index contributed by atoms with van der Waals surface area (Å²) in [6.07, 6.45) is -3.06. The fraction of sp³-hybridized carbons (Fsp3) is 0. The van der Waals surface area contributed by atoms with Crippen molar-refractivity contribution in [2.24, 2.45) is 0 Å². The van der Waals surface area contributed by atoms with E-state index in [-0.39, 0.29) is 51.4 Å². The molecule has 0 rings (SSSR count). The molecular weight excluding hydrogens is 200 g/mol. The first-order valence-electron chi connectivity index (χ1n) is 1.54. The molecule has 3 nitrogen and oxygen atoms in total. The molecular formula is C2HF3KO3S. The van der Waals surface area contributed by atoms with Crippen LogP contribution in [0.3, 0.4) is 0 Å². The van der Waals surface area contributed by atoms with E-state index in [4.69, 9.17) is 4.55 Å². The van der Waals surface area contributed by atoms with Crippen molar-refractivity contribution in [3.63, 3.8) is 0 Å². The number of hydrogen-bond donors (Lipinski definition) is 1. The van der Waals surface area contributed by atoms with Gasteiger partial charge in [0, 0.05) is 51.4 Å². The standard InChI is InChI=1S/C2HF3O3S.K/c3-1(4)2(5)9(6,7)8;/h(H,6,7,8);. The Morgan fingerprint density at radius 3 is 1.50 bits per heavy atom. The zero-order valence-electron chi connectivity index (χ0n) is 4.81. The minimum atomic E-state index is -5.34. The summed E-state index contributed by atoms with van der Waals surface area (Å²) in [5.41, 5.74) is 0. The van der Waals surface area contributed by atoms with Gasteiger partial charge in [-0.05, 0) is 0 Å². The van der Waals surface area contributed by atoms with E-state index in [0.29, 0.717) is 0 Å². The molecule has 0 aliphatic rings. The van der Waals surface area contributed by atoms with Crippen LogP contribution in [0.1, 0.15) is 0 Å². The fourth-order valence-electron chi connectivity index (χ4n) is 0.0975. The Bertz CT molecular complexity index is 228. The molecule has 0 aliphatic heterocycles. The molecule has 8 heteroatoms.